The minimum atomic E-state index is -3.17. The van der Waals surface area contributed by atoms with E-state index in [1.165, 1.54) is 5.48 Å². The maximum absolute atomic E-state index is 13.0. The van der Waals surface area contributed by atoms with Crippen molar-refractivity contribution in [3.63, 3.8) is 0 Å². The Morgan fingerprint density at radius 3 is 2.04 bits per heavy atom. The standard InChI is InChI=1S/C19H22F2N2O3/c1-12-3-7-14(8-4-12)15-9-5-13(6-10-15)11-22-16(17(24)23-26)19(2,25)18(20)21/h3-10,16,18,22,25-26H,11H2,1-2H3,(H,23,24)/t16-,19+/m1/s1. The van der Waals surface area contributed by atoms with E-state index in [-0.39, 0.29) is 6.54 Å². The van der Waals surface area contributed by atoms with Gasteiger partial charge in [0.2, 0.25) is 0 Å². The molecule has 1 amide bonds. The Hall–Kier alpha value is -2.35. The molecule has 7 heteroatoms. The minimum Gasteiger partial charge on any atom is -0.382 e. The maximum atomic E-state index is 13.0. The number of hydroxylamine groups is 1. The van der Waals surface area contributed by atoms with Gasteiger partial charge in [0.15, 0.2) is 0 Å². The van der Waals surface area contributed by atoms with Gasteiger partial charge in [0.1, 0.15) is 11.6 Å². The molecule has 2 aromatic carbocycles. The van der Waals surface area contributed by atoms with Gasteiger partial charge >= 0.3 is 0 Å². The van der Waals surface area contributed by atoms with E-state index >= 15 is 0 Å². The molecule has 2 rings (SSSR count). The highest BCUT2D eigenvalue weighted by molar-refractivity contribution is 5.82. The Labute approximate surface area is 150 Å². The molecule has 0 heterocycles. The summed E-state index contributed by atoms with van der Waals surface area (Å²) in [4.78, 5) is 11.6. The van der Waals surface area contributed by atoms with E-state index in [0.29, 0.717) is 0 Å². The molecule has 0 saturated carbocycles. The van der Waals surface area contributed by atoms with Gasteiger partial charge in [-0.25, -0.2) is 14.3 Å². The van der Waals surface area contributed by atoms with Crippen LogP contribution in [0.15, 0.2) is 48.5 Å². The fourth-order valence-electron chi connectivity index (χ4n) is 2.54. The van der Waals surface area contributed by atoms with Crippen molar-refractivity contribution in [2.75, 3.05) is 0 Å². The molecule has 0 unspecified atom stereocenters. The van der Waals surface area contributed by atoms with Gasteiger partial charge in [0, 0.05) is 6.54 Å². The minimum absolute atomic E-state index is 0.0646. The van der Waals surface area contributed by atoms with Crippen molar-refractivity contribution in [3.8, 4) is 11.1 Å². The second-order valence-electron chi connectivity index (χ2n) is 6.38. The van der Waals surface area contributed by atoms with E-state index < -0.39 is 24.0 Å². The van der Waals surface area contributed by atoms with Gasteiger partial charge in [-0.2, -0.15) is 0 Å². The Kier molecular flexibility index (Phi) is 6.42. The average Bonchev–Trinajstić information content (AvgIpc) is 2.62. The lowest BCUT2D eigenvalue weighted by atomic mass is 9.95. The summed E-state index contributed by atoms with van der Waals surface area (Å²) < 4.78 is 26.0. The lowest BCUT2D eigenvalue weighted by molar-refractivity contribution is -0.150. The molecule has 0 aliphatic rings. The monoisotopic (exact) mass is 364 g/mol. The van der Waals surface area contributed by atoms with Crippen LogP contribution in [-0.2, 0) is 11.3 Å². The van der Waals surface area contributed by atoms with Gasteiger partial charge in [-0.05, 0) is 30.5 Å². The van der Waals surface area contributed by atoms with E-state index in [1.807, 2.05) is 43.3 Å². The van der Waals surface area contributed by atoms with Gasteiger partial charge in [-0.3, -0.25) is 15.3 Å². The topological polar surface area (TPSA) is 81.6 Å². The number of halogens is 2. The number of carbonyl (C=O) groups is 1. The second kappa shape index (κ2) is 8.35. The lowest BCUT2D eigenvalue weighted by Gasteiger charge is -2.31. The Bertz CT molecular complexity index is 731. The molecule has 0 saturated heterocycles. The first-order chi connectivity index (χ1) is 12.3. The van der Waals surface area contributed by atoms with Gasteiger partial charge < -0.3 is 5.11 Å². The normalized spacial score (nSPS) is 14.7. The van der Waals surface area contributed by atoms with Crippen molar-refractivity contribution in [3.05, 3.63) is 59.7 Å². The van der Waals surface area contributed by atoms with Crippen molar-refractivity contribution >= 4 is 5.91 Å². The van der Waals surface area contributed by atoms with Gasteiger partial charge in [0.05, 0.1) is 0 Å². The maximum Gasteiger partial charge on any atom is 0.268 e. The molecule has 0 aliphatic heterocycles. The number of aryl methyl sites for hydroxylation is 1. The predicted octanol–water partition coefficient (Wildman–Crippen LogP) is 2.64. The number of amides is 1. The molecule has 0 fully saturated rings. The summed E-state index contributed by atoms with van der Waals surface area (Å²) in [6.45, 7) is 2.91. The molecule has 2 atom stereocenters. The zero-order valence-corrected chi connectivity index (χ0v) is 14.5. The average molecular weight is 364 g/mol. The zero-order valence-electron chi connectivity index (χ0n) is 14.5. The number of alkyl halides is 2. The summed E-state index contributed by atoms with van der Waals surface area (Å²) in [5, 5.41) is 21.2. The summed E-state index contributed by atoms with van der Waals surface area (Å²) in [6, 6.07) is 13.7. The highest BCUT2D eigenvalue weighted by Gasteiger charge is 2.44. The second-order valence-corrected chi connectivity index (χ2v) is 6.38. The van der Waals surface area contributed by atoms with Crippen molar-refractivity contribution in [1.82, 2.24) is 10.8 Å². The summed E-state index contributed by atoms with van der Waals surface area (Å²) in [6.07, 6.45) is -3.17. The number of rotatable bonds is 7. The molecule has 0 aliphatic carbocycles. The summed E-state index contributed by atoms with van der Waals surface area (Å²) in [5.41, 5.74) is 2.62. The first-order valence-electron chi connectivity index (χ1n) is 8.09. The third-order valence-corrected chi connectivity index (χ3v) is 4.25. The number of nitrogens with one attached hydrogen (secondary N) is 2. The van der Waals surface area contributed by atoms with Crippen molar-refractivity contribution in [2.24, 2.45) is 0 Å². The number of benzene rings is 2. The molecule has 0 aromatic heterocycles. The largest absolute Gasteiger partial charge is 0.382 e. The van der Waals surface area contributed by atoms with Gasteiger partial charge in [-0.15, -0.1) is 0 Å². The fourth-order valence-corrected chi connectivity index (χ4v) is 2.54. The van der Waals surface area contributed by atoms with Crippen LogP contribution in [0.5, 0.6) is 0 Å². The van der Waals surface area contributed by atoms with E-state index in [4.69, 9.17) is 5.21 Å². The van der Waals surface area contributed by atoms with Gasteiger partial charge in [-0.1, -0.05) is 54.1 Å². The van der Waals surface area contributed by atoms with Crippen LogP contribution in [-0.4, -0.2) is 34.3 Å². The van der Waals surface area contributed by atoms with Crippen LogP contribution in [0.1, 0.15) is 18.1 Å². The van der Waals surface area contributed by atoms with Crippen LogP contribution < -0.4 is 10.8 Å². The number of hydrogen-bond donors (Lipinski definition) is 4. The predicted molar refractivity (Wildman–Crippen MR) is 93.8 cm³/mol. The molecule has 0 spiro atoms. The van der Waals surface area contributed by atoms with Crippen LogP contribution in [0.2, 0.25) is 0 Å². The Morgan fingerprint density at radius 2 is 1.58 bits per heavy atom. The van der Waals surface area contributed by atoms with Crippen molar-refractivity contribution in [1.29, 1.82) is 0 Å². The molecule has 0 radical (unpaired) electrons. The SMILES string of the molecule is Cc1ccc(-c2ccc(CN[C@H](C(=O)NO)[C@](C)(O)C(F)F)cc2)cc1. The molecule has 5 nitrogen and oxygen atoms in total. The first-order valence-corrected chi connectivity index (χ1v) is 8.09. The van der Waals surface area contributed by atoms with E-state index in [0.717, 1.165) is 29.2 Å². The molecule has 0 bridgehead atoms. The van der Waals surface area contributed by atoms with Gasteiger partial charge in [0.25, 0.3) is 12.3 Å². The number of aliphatic hydroxyl groups is 1. The van der Waals surface area contributed by atoms with E-state index in [9.17, 15) is 18.7 Å². The molecule has 2 aromatic rings. The highest BCUT2D eigenvalue weighted by Crippen LogP contribution is 2.22. The molecule has 140 valence electrons. The highest BCUT2D eigenvalue weighted by atomic mass is 19.3. The summed E-state index contributed by atoms with van der Waals surface area (Å²) in [7, 11) is 0. The van der Waals surface area contributed by atoms with E-state index in [2.05, 4.69) is 5.32 Å². The summed E-state index contributed by atoms with van der Waals surface area (Å²) >= 11 is 0. The smallest absolute Gasteiger partial charge is 0.268 e. The third-order valence-electron chi connectivity index (χ3n) is 4.25. The van der Waals surface area contributed by atoms with E-state index in [1.54, 1.807) is 12.1 Å². The summed E-state index contributed by atoms with van der Waals surface area (Å²) in [5.74, 6) is -1.13. The molecule has 26 heavy (non-hydrogen) atoms. The Balaban J connectivity index is 2.09. The zero-order chi connectivity index (χ0) is 19.3. The first kappa shape index (κ1) is 20.0. The van der Waals surface area contributed by atoms with Crippen LogP contribution in [0, 0.1) is 6.92 Å². The molecule has 4 N–H and O–H groups in total. The quantitative estimate of drug-likeness (QED) is 0.450. The number of carbonyl (C=O) groups excluding carboxylic acids is 1. The Morgan fingerprint density at radius 1 is 1.08 bits per heavy atom. The van der Waals surface area contributed by atoms with Crippen molar-refractivity contribution < 1.29 is 23.9 Å². The van der Waals surface area contributed by atoms with Crippen LogP contribution in [0.3, 0.4) is 0 Å². The lowest BCUT2D eigenvalue weighted by Crippen LogP contribution is -2.60. The third kappa shape index (κ3) is 4.63. The van der Waals surface area contributed by atoms with Crippen molar-refractivity contribution in [2.45, 2.75) is 38.5 Å². The fraction of sp³-hybridized carbons (Fsp3) is 0.316. The van der Waals surface area contributed by atoms with Crippen LogP contribution in [0.25, 0.3) is 11.1 Å². The molecular formula is C19H22F2N2O3. The number of hydrogen-bond acceptors (Lipinski definition) is 4. The molecular weight excluding hydrogens is 342 g/mol. The van der Waals surface area contributed by atoms with Crippen LogP contribution in [0.4, 0.5) is 8.78 Å². The van der Waals surface area contributed by atoms with Crippen LogP contribution >= 0.6 is 0 Å².